The molecule has 0 radical (unpaired) electrons. The van der Waals surface area contributed by atoms with Gasteiger partial charge in [0, 0.05) is 19.6 Å². The summed E-state index contributed by atoms with van der Waals surface area (Å²) in [6, 6.07) is 11.7. The van der Waals surface area contributed by atoms with Crippen LogP contribution in [0.15, 0.2) is 47.1 Å². The maximum absolute atomic E-state index is 10.3. The molecule has 1 heterocycles. The third kappa shape index (κ3) is 7.30. The van der Waals surface area contributed by atoms with Crippen molar-refractivity contribution >= 4 is 0 Å². The number of rotatable bonds is 11. The molecule has 1 atom stereocenters. The first-order valence-corrected chi connectivity index (χ1v) is 8.70. The van der Waals surface area contributed by atoms with Gasteiger partial charge in [0.1, 0.15) is 18.1 Å². The molecular weight excluding hydrogens is 318 g/mol. The molecule has 0 amide bonds. The molecule has 5 nitrogen and oxygen atoms in total. The molecule has 0 fully saturated rings. The third-order valence-corrected chi connectivity index (χ3v) is 3.79. The molecule has 1 aromatic carbocycles. The van der Waals surface area contributed by atoms with Gasteiger partial charge in [0.2, 0.25) is 0 Å². The third-order valence-electron chi connectivity index (χ3n) is 3.79. The van der Waals surface area contributed by atoms with Gasteiger partial charge in [-0.15, -0.1) is 0 Å². The fourth-order valence-corrected chi connectivity index (χ4v) is 2.75. The lowest BCUT2D eigenvalue weighted by Crippen LogP contribution is -2.36. The summed E-state index contributed by atoms with van der Waals surface area (Å²) in [7, 11) is 1.67. The van der Waals surface area contributed by atoms with E-state index in [2.05, 4.69) is 30.9 Å². The lowest BCUT2D eigenvalue weighted by molar-refractivity contribution is 0.00224. The van der Waals surface area contributed by atoms with Crippen LogP contribution in [-0.4, -0.2) is 42.9 Å². The van der Waals surface area contributed by atoms with Crippen molar-refractivity contribution < 1.29 is 19.0 Å². The van der Waals surface area contributed by atoms with E-state index in [1.165, 1.54) is 5.56 Å². The molecular formula is C20H29NO4. The van der Waals surface area contributed by atoms with Gasteiger partial charge in [-0.3, -0.25) is 4.90 Å². The van der Waals surface area contributed by atoms with Gasteiger partial charge in [0.15, 0.2) is 0 Å². The van der Waals surface area contributed by atoms with E-state index in [0.717, 1.165) is 24.6 Å². The van der Waals surface area contributed by atoms with E-state index < -0.39 is 6.10 Å². The fourth-order valence-electron chi connectivity index (χ4n) is 2.75. The summed E-state index contributed by atoms with van der Waals surface area (Å²) in [5, 5.41) is 10.3. The minimum absolute atomic E-state index is 0.290. The van der Waals surface area contributed by atoms with Crippen LogP contribution in [0.5, 0.6) is 5.75 Å². The van der Waals surface area contributed by atoms with Gasteiger partial charge in [0.25, 0.3) is 0 Å². The summed E-state index contributed by atoms with van der Waals surface area (Å²) in [5.41, 5.74) is 1.20. The average molecular weight is 347 g/mol. The Hall–Kier alpha value is -1.82. The summed E-state index contributed by atoms with van der Waals surface area (Å²) >= 11 is 0. The Balaban J connectivity index is 1.82. The van der Waals surface area contributed by atoms with Gasteiger partial charge in [-0.05, 0) is 35.7 Å². The molecule has 2 rings (SSSR count). The highest BCUT2D eigenvalue weighted by molar-refractivity contribution is 5.27. The van der Waals surface area contributed by atoms with Crippen molar-refractivity contribution in [2.75, 3.05) is 26.8 Å². The zero-order valence-corrected chi connectivity index (χ0v) is 15.4. The second-order valence-electron chi connectivity index (χ2n) is 6.68. The number of ether oxygens (including phenoxy) is 2. The molecule has 0 saturated heterocycles. The Morgan fingerprint density at radius 2 is 1.88 bits per heavy atom. The van der Waals surface area contributed by atoms with Crippen molar-refractivity contribution in [3.05, 3.63) is 54.0 Å². The number of benzene rings is 1. The molecule has 0 bridgehead atoms. The van der Waals surface area contributed by atoms with Crippen molar-refractivity contribution in [1.82, 2.24) is 4.90 Å². The first kappa shape index (κ1) is 19.5. The zero-order valence-electron chi connectivity index (χ0n) is 15.4. The minimum Gasteiger partial charge on any atom is -0.497 e. The van der Waals surface area contributed by atoms with Crippen molar-refractivity contribution in [2.45, 2.75) is 33.1 Å². The topological polar surface area (TPSA) is 55.1 Å². The van der Waals surface area contributed by atoms with Gasteiger partial charge >= 0.3 is 0 Å². The molecule has 1 unspecified atom stereocenters. The van der Waals surface area contributed by atoms with Crippen molar-refractivity contribution in [3.63, 3.8) is 0 Å². The van der Waals surface area contributed by atoms with Crippen LogP contribution >= 0.6 is 0 Å². The molecule has 0 aliphatic carbocycles. The van der Waals surface area contributed by atoms with E-state index in [1.54, 1.807) is 13.4 Å². The van der Waals surface area contributed by atoms with Crippen molar-refractivity contribution in [2.24, 2.45) is 5.92 Å². The molecule has 0 saturated carbocycles. The Labute approximate surface area is 150 Å². The predicted octanol–water partition coefficient (Wildman–Crippen LogP) is 3.32. The zero-order chi connectivity index (χ0) is 18.1. The molecule has 138 valence electrons. The highest BCUT2D eigenvalue weighted by Crippen LogP contribution is 2.14. The van der Waals surface area contributed by atoms with Crippen LogP contribution in [0.25, 0.3) is 0 Å². The van der Waals surface area contributed by atoms with Crippen molar-refractivity contribution in [3.8, 4) is 5.75 Å². The Bertz CT molecular complexity index is 580. The maximum Gasteiger partial charge on any atom is 0.129 e. The van der Waals surface area contributed by atoms with Gasteiger partial charge in [-0.1, -0.05) is 26.0 Å². The first-order valence-electron chi connectivity index (χ1n) is 8.70. The quantitative estimate of drug-likeness (QED) is 0.676. The summed E-state index contributed by atoms with van der Waals surface area (Å²) in [5.74, 6) is 2.14. The van der Waals surface area contributed by atoms with E-state index in [0.29, 0.717) is 19.1 Å². The predicted molar refractivity (Wildman–Crippen MR) is 97.5 cm³/mol. The fraction of sp³-hybridized carbons (Fsp3) is 0.500. The highest BCUT2D eigenvalue weighted by Gasteiger charge is 2.14. The Morgan fingerprint density at radius 3 is 2.48 bits per heavy atom. The molecule has 1 N–H and O–H groups in total. The number of aliphatic hydroxyl groups excluding tert-OH is 1. The second-order valence-corrected chi connectivity index (χ2v) is 6.68. The number of hydrogen-bond acceptors (Lipinski definition) is 5. The van der Waals surface area contributed by atoms with E-state index >= 15 is 0 Å². The number of aliphatic hydroxyl groups is 1. The minimum atomic E-state index is -0.535. The number of hydrogen-bond donors (Lipinski definition) is 1. The molecule has 0 aliphatic rings. The van der Waals surface area contributed by atoms with Crippen LogP contribution in [0.3, 0.4) is 0 Å². The number of furan rings is 1. The number of methoxy groups -OCH3 is 1. The molecule has 0 spiro atoms. The Morgan fingerprint density at radius 1 is 1.12 bits per heavy atom. The monoisotopic (exact) mass is 347 g/mol. The van der Waals surface area contributed by atoms with Crippen LogP contribution in [0.4, 0.5) is 0 Å². The van der Waals surface area contributed by atoms with Crippen molar-refractivity contribution in [1.29, 1.82) is 0 Å². The highest BCUT2D eigenvalue weighted by atomic mass is 16.5. The van der Waals surface area contributed by atoms with Crippen LogP contribution < -0.4 is 4.74 Å². The van der Waals surface area contributed by atoms with Gasteiger partial charge in [0.05, 0.1) is 26.1 Å². The smallest absolute Gasteiger partial charge is 0.129 e. The average Bonchev–Trinajstić information content (AvgIpc) is 3.08. The lowest BCUT2D eigenvalue weighted by Gasteiger charge is -2.26. The van der Waals surface area contributed by atoms with Gasteiger partial charge in [-0.25, -0.2) is 0 Å². The van der Waals surface area contributed by atoms with E-state index in [-0.39, 0.29) is 6.61 Å². The summed E-state index contributed by atoms with van der Waals surface area (Å²) < 4.78 is 16.0. The maximum atomic E-state index is 10.3. The van der Waals surface area contributed by atoms with E-state index in [1.807, 2.05) is 24.3 Å². The van der Waals surface area contributed by atoms with Gasteiger partial charge < -0.3 is 19.0 Å². The van der Waals surface area contributed by atoms with Crippen LogP contribution in [0.2, 0.25) is 0 Å². The van der Waals surface area contributed by atoms with Crippen LogP contribution in [-0.2, 0) is 17.9 Å². The standard InChI is InChI=1S/C20H29NO4/c1-16(2)11-21(12-17-6-8-19(23-3)9-7-17)13-18(22)14-24-15-20-5-4-10-25-20/h4-10,16,18,22H,11-15H2,1-3H3. The molecule has 2 aromatic rings. The SMILES string of the molecule is COc1ccc(CN(CC(C)C)CC(O)COCc2ccco2)cc1. The van der Waals surface area contributed by atoms with E-state index in [4.69, 9.17) is 13.9 Å². The summed E-state index contributed by atoms with van der Waals surface area (Å²) in [6.07, 6.45) is 1.08. The summed E-state index contributed by atoms with van der Waals surface area (Å²) in [6.45, 7) is 7.31. The van der Waals surface area contributed by atoms with Crippen LogP contribution in [0.1, 0.15) is 25.2 Å². The Kier molecular flexibility index (Phi) is 7.98. The molecule has 1 aromatic heterocycles. The molecule has 25 heavy (non-hydrogen) atoms. The molecule has 5 heteroatoms. The number of nitrogens with zero attached hydrogens (tertiary/aromatic N) is 1. The molecule has 0 aliphatic heterocycles. The largest absolute Gasteiger partial charge is 0.497 e. The normalized spacial score (nSPS) is 12.7. The second kappa shape index (κ2) is 10.2. The van der Waals surface area contributed by atoms with Gasteiger partial charge in [-0.2, -0.15) is 0 Å². The van der Waals surface area contributed by atoms with E-state index in [9.17, 15) is 5.11 Å². The first-order chi connectivity index (χ1) is 12.1. The van der Waals surface area contributed by atoms with Crippen LogP contribution in [0, 0.1) is 5.92 Å². The summed E-state index contributed by atoms with van der Waals surface area (Å²) in [4.78, 5) is 2.26. The lowest BCUT2D eigenvalue weighted by atomic mass is 10.1.